The van der Waals surface area contributed by atoms with E-state index in [2.05, 4.69) is 15.3 Å². The first-order valence-electron chi connectivity index (χ1n) is 7.88. The van der Waals surface area contributed by atoms with Crippen LogP contribution in [0.5, 0.6) is 23.0 Å². The summed E-state index contributed by atoms with van der Waals surface area (Å²) in [6, 6.07) is 10.7. The molecule has 0 amide bonds. The molecule has 0 radical (unpaired) electrons. The molecule has 0 saturated heterocycles. The highest BCUT2D eigenvalue weighted by Gasteiger charge is 2.12. The topological polar surface area (TPSA) is 93.9 Å². The Kier molecular flexibility index (Phi) is 5.41. The Morgan fingerprint density at radius 2 is 1.81 bits per heavy atom. The van der Waals surface area contributed by atoms with Crippen LogP contribution in [0.25, 0.3) is 11.4 Å². The maximum absolute atomic E-state index is 10.0. The van der Waals surface area contributed by atoms with Gasteiger partial charge in [-0.1, -0.05) is 12.1 Å². The maximum Gasteiger partial charge on any atom is 0.216 e. The fraction of sp³-hybridized carbons (Fsp3) is 0.167. The van der Waals surface area contributed by atoms with Gasteiger partial charge in [0.1, 0.15) is 5.75 Å². The van der Waals surface area contributed by atoms with Crippen molar-refractivity contribution in [3.05, 3.63) is 46.7 Å². The Morgan fingerprint density at radius 1 is 1.11 bits per heavy atom. The smallest absolute Gasteiger partial charge is 0.216 e. The van der Waals surface area contributed by atoms with Crippen LogP contribution in [0.2, 0.25) is 0 Å². The molecule has 27 heavy (non-hydrogen) atoms. The van der Waals surface area contributed by atoms with E-state index >= 15 is 0 Å². The van der Waals surface area contributed by atoms with Crippen molar-refractivity contribution in [2.75, 3.05) is 21.3 Å². The third-order valence-electron chi connectivity index (χ3n) is 3.80. The number of aromatic amines is 1. The second kappa shape index (κ2) is 7.92. The molecule has 0 atom stereocenters. The van der Waals surface area contributed by atoms with Crippen LogP contribution in [-0.4, -0.2) is 47.5 Å². The summed E-state index contributed by atoms with van der Waals surface area (Å²) < 4.78 is 17.4. The number of phenols is 1. The van der Waals surface area contributed by atoms with Gasteiger partial charge in [-0.05, 0) is 36.5 Å². The first-order valence-corrected chi connectivity index (χ1v) is 8.29. The summed E-state index contributed by atoms with van der Waals surface area (Å²) in [5.74, 6) is 1.71. The lowest BCUT2D eigenvalue weighted by Crippen LogP contribution is -1.97. The quantitative estimate of drug-likeness (QED) is 0.499. The zero-order chi connectivity index (χ0) is 19.4. The van der Waals surface area contributed by atoms with Crippen molar-refractivity contribution in [1.29, 1.82) is 0 Å². The monoisotopic (exact) mass is 386 g/mol. The molecule has 8 nitrogen and oxygen atoms in total. The molecule has 0 aliphatic heterocycles. The average molecular weight is 386 g/mol. The van der Waals surface area contributed by atoms with Crippen LogP contribution in [0.4, 0.5) is 0 Å². The van der Waals surface area contributed by atoms with Crippen molar-refractivity contribution in [3.8, 4) is 34.4 Å². The fourth-order valence-electron chi connectivity index (χ4n) is 2.46. The highest BCUT2D eigenvalue weighted by Crippen LogP contribution is 2.36. The molecule has 1 aromatic heterocycles. The van der Waals surface area contributed by atoms with Crippen LogP contribution >= 0.6 is 12.2 Å². The number of rotatable bonds is 6. The van der Waals surface area contributed by atoms with Gasteiger partial charge in [0, 0.05) is 11.1 Å². The van der Waals surface area contributed by atoms with Gasteiger partial charge in [0.25, 0.3) is 0 Å². The summed E-state index contributed by atoms with van der Waals surface area (Å²) >= 11 is 5.28. The summed E-state index contributed by atoms with van der Waals surface area (Å²) in [6.07, 6.45) is 1.57. The molecule has 3 aromatic rings. The van der Waals surface area contributed by atoms with E-state index < -0.39 is 0 Å². The van der Waals surface area contributed by atoms with Crippen molar-refractivity contribution in [1.82, 2.24) is 14.9 Å². The summed E-state index contributed by atoms with van der Waals surface area (Å²) in [5, 5.41) is 21.4. The highest BCUT2D eigenvalue weighted by atomic mass is 32.1. The molecule has 0 aliphatic carbocycles. The number of hydrogen-bond donors (Lipinski definition) is 2. The van der Waals surface area contributed by atoms with Crippen molar-refractivity contribution in [2.24, 2.45) is 5.10 Å². The Bertz CT molecular complexity index is 1020. The lowest BCUT2D eigenvalue weighted by atomic mass is 10.2. The molecule has 2 N–H and O–H groups in total. The molecule has 0 unspecified atom stereocenters. The minimum Gasteiger partial charge on any atom is -0.502 e. The molecule has 0 fully saturated rings. The SMILES string of the molecule is COc1cccc(-c2n[nH]c(=S)n2/N=C\c2cc(OC)c(O)c(OC)c2)c1. The predicted octanol–water partition coefficient (Wildman–Crippen LogP) is 3.22. The normalized spacial score (nSPS) is 10.9. The number of phenolic OH excluding ortho intramolecular Hbond substituents is 1. The van der Waals surface area contributed by atoms with Crippen molar-refractivity contribution in [3.63, 3.8) is 0 Å². The fourth-order valence-corrected chi connectivity index (χ4v) is 2.64. The van der Waals surface area contributed by atoms with Gasteiger partial charge in [-0.15, -0.1) is 0 Å². The van der Waals surface area contributed by atoms with Gasteiger partial charge in [0.15, 0.2) is 17.3 Å². The van der Waals surface area contributed by atoms with E-state index in [1.54, 1.807) is 25.5 Å². The third-order valence-corrected chi connectivity index (χ3v) is 4.07. The summed E-state index contributed by atoms with van der Waals surface area (Å²) in [4.78, 5) is 0. The number of methoxy groups -OCH3 is 3. The van der Waals surface area contributed by atoms with Crippen molar-refractivity contribution in [2.45, 2.75) is 0 Å². The van der Waals surface area contributed by atoms with Gasteiger partial charge >= 0.3 is 0 Å². The average Bonchev–Trinajstić information content (AvgIpc) is 3.07. The lowest BCUT2D eigenvalue weighted by molar-refractivity contribution is 0.340. The van der Waals surface area contributed by atoms with Crippen molar-refractivity contribution >= 4 is 18.4 Å². The molecule has 140 valence electrons. The standard InChI is InChI=1S/C18H18N4O4S/c1-24-13-6-4-5-12(9-13)17-20-21-18(27)22(17)19-10-11-7-14(25-2)16(23)15(8-11)26-3/h4-10,23H,1-3H3,(H,21,27)/b19-10-. The van der Waals surface area contributed by atoms with E-state index in [-0.39, 0.29) is 17.2 Å². The summed E-state index contributed by atoms with van der Waals surface area (Å²) in [5.41, 5.74) is 1.45. The molecular weight excluding hydrogens is 368 g/mol. The molecule has 0 bridgehead atoms. The number of benzene rings is 2. The maximum atomic E-state index is 10.0. The van der Waals surface area contributed by atoms with Crippen LogP contribution in [0.1, 0.15) is 5.56 Å². The van der Waals surface area contributed by atoms with Gasteiger partial charge in [0.2, 0.25) is 10.5 Å². The number of hydrogen-bond acceptors (Lipinski definition) is 7. The second-order valence-electron chi connectivity index (χ2n) is 5.41. The Morgan fingerprint density at radius 3 is 2.44 bits per heavy atom. The van der Waals surface area contributed by atoms with Crippen LogP contribution in [0, 0.1) is 4.77 Å². The molecule has 0 aliphatic rings. The zero-order valence-electron chi connectivity index (χ0n) is 15.0. The summed E-state index contributed by atoms with van der Waals surface area (Å²) in [7, 11) is 4.52. The Hall–Kier alpha value is -3.33. The van der Waals surface area contributed by atoms with Gasteiger partial charge in [-0.25, -0.2) is 5.10 Å². The first-order chi connectivity index (χ1) is 13.1. The number of ether oxygens (including phenoxy) is 3. The Balaban J connectivity index is 2.02. The molecule has 0 spiro atoms. The minimum absolute atomic E-state index is 0.0749. The zero-order valence-corrected chi connectivity index (χ0v) is 15.8. The number of aromatic nitrogens is 3. The van der Waals surface area contributed by atoms with Gasteiger partial charge in [0.05, 0.1) is 27.5 Å². The second-order valence-corrected chi connectivity index (χ2v) is 5.80. The number of nitrogens with zero attached hydrogens (tertiary/aromatic N) is 3. The lowest BCUT2D eigenvalue weighted by Gasteiger charge is -2.09. The van der Waals surface area contributed by atoms with Crippen LogP contribution in [0.15, 0.2) is 41.5 Å². The molecule has 1 heterocycles. The molecule has 2 aromatic carbocycles. The van der Waals surface area contributed by atoms with Gasteiger partial charge in [-0.2, -0.15) is 14.9 Å². The van der Waals surface area contributed by atoms with E-state index in [0.29, 0.717) is 21.9 Å². The number of aromatic hydroxyl groups is 1. The molecule has 9 heteroatoms. The van der Waals surface area contributed by atoms with E-state index in [4.69, 9.17) is 26.4 Å². The third kappa shape index (κ3) is 3.77. The predicted molar refractivity (Wildman–Crippen MR) is 104 cm³/mol. The molecular formula is C18H18N4O4S. The van der Waals surface area contributed by atoms with Crippen LogP contribution < -0.4 is 14.2 Å². The highest BCUT2D eigenvalue weighted by molar-refractivity contribution is 7.71. The molecule has 0 saturated carbocycles. The molecule has 3 rings (SSSR count). The Labute approximate surface area is 160 Å². The van der Waals surface area contributed by atoms with E-state index in [9.17, 15) is 5.11 Å². The number of nitrogens with one attached hydrogen (secondary N) is 1. The van der Waals surface area contributed by atoms with Gasteiger partial charge < -0.3 is 19.3 Å². The summed E-state index contributed by atoms with van der Waals surface area (Å²) in [6.45, 7) is 0. The van der Waals surface area contributed by atoms with E-state index in [1.165, 1.54) is 18.9 Å². The largest absolute Gasteiger partial charge is 0.502 e. The van der Waals surface area contributed by atoms with Gasteiger partial charge in [-0.3, -0.25) is 0 Å². The minimum atomic E-state index is -0.0749. The first kappa shape index (κ1) is 18.5. The van der Waals surface area contributed by atoms with E-state index in [1.807, 2.05) is 24.3 Å². The van der Waals surface area contributed by atoms with Crippen molar-refractivity contribution < 1.29 is 19.3 Å². The number of H-pyrrole nitrogens is 1. The van der Waals surface area contributed by atoms with Crippen LogP contribution in [0.3, 0.4) is 0 Å². The van der Waals surface area contributed by atoms with E-state index in [0.717, 1.165) is 5.56 Å². The van der Waals surface area contributed by atoms with Crippen LogP contribution in [-0.2, 0) is 0 Å².